The van der Waals surface area contributed by atoms with Crippen LogP contribution in [0.25, 0.3) is 0 Å². The van der Waals surface area contributed by atoms with Gasteiger partial charge in [-0.15, -0.1) is 0 Å². The van der Waals surface area contributed by atoms with E-state index in [4.69, 9.17) is 11.6 Å². The number of benzene rings is 1. The average molecular weight is 219 g/mol. The van der Waals surface area contributed by atoms with Crippen LogP contribution in [-0.4, -0.2) is 0 Å². The van der Waals surface area contributed by atoms with Gasteiger partial charge in [0.1, 0.15) is 0 Å². The fourth-order valence-corrected chi connectivity index (χ4v) is 1.59. The van der Waals surface area contributed by atoms with Crippen molar-refractivity contribution in [3.8, 4) is 0 Å². The van der Waals surface area contributed by atoms with Crippen molar-refractivity contribution in [2.75, 3.05) is 0 Å². The van der Waals surface area contributed by atoms with Gasteiger partial charge in [0.2, 0.25) is 0 Å². The highest BCUT2D eigenvalue weighted by Crippen LogP contribution is 2.34. The largest absolute Gasteiger partial charge is 0.270 e. The fraction of sp³-hybridized carbons (Fsp3) is 0.455. The third kappa shape index (κ3) is 2.44. The van der Waals surface area contributed by atoms with Crippen LogP contribution in [0, 0.1) is 0 Å². The van der Waals surface area contributed by atoms with E-state index >= 15 is 0 Å². The van der Waals surface area contributed by atoms with Crippen molar-refractivity contribution in [3.63, 3.8) is 0 Å². The smallest absolute Gasteiger partial charge is 0.202 e. The molecule has 14 heavy (non-hydrogen) atoms. The van der Waals surface area contributed by atoms with E-state index in [1.54, 1.807) is 6.07 Å². The van der Waals surface area contributed by atoms with Crippen molar-refractivity contribution >= 4 is 11.6 Å². The van der Waals surface area contributed by atoms with Crippen LogP contribution in [0.15, 0.2) is 18.2 Å². The first-order valence-electron chi connectivity index (χ1n) is 4.50. The van der Waals surface area contributed by atoms with Gasteiger partial charge in [0, 0.05) is 17.5 Å². The zero-order chi connectivity index (χ0) is 10.9. The number of rotatable bonds is 2. The predicted octanol–water partition coefficient (Wildman–Crippen LogP) is 4.58. The molecule has 1 aromatic carbocycles. The summed E-state index contributed by atoms with van der Waals surface area (Å²) in [7, 11) is 0. The molecule has 3 heteroatoms. The Morgan fingerprint density at radius 3 is 2.29 bits per heavy atom. The average Bonchev–Trinajstić information content (AvgIpc) is 2.01. The molecule has 0 aromatic heterocycles. The molecule has 0 aliphatic carbocycles. The zero-order valence-corrected chi connectivity index (χ0v) is 9.20. The maximum absolute atomic E-state index is 13.2. The highest BCUT2D eigenvalue weighted by atomic mass is 35.5. The summed E-state index contributed by atoms with van der Waals surface area (Å²) in [5.41, 5.74) is 0.682. The van der Waals surface area contributed by atoms with Crippen molar-refractivity contribution in [1.82, 2.24) is 0 Å². The van der Waals surface area contributed by atoms with Crippen LogP contribution in [0.1, 0.15) is 37.8 Å². The van der Waals surface area contributed by atoms with Crippen molar-refractivity contribution in [2.24, 2.45) is 0 Å². The minimum Gasteiger partial charge on any atom is -0.202 e. The molecule has 0 heterocycles. The Kier molecular flexibility index (Phi) is 3.15. The number of hydrogen-bond acceptors (Lipinski definition) is 0. The number of hydrogen-bond donors (Lipinski definition) is 0. The molecule has 0 amide bonds. The number of alkyl halides is 2. The quantitative estimate of drug-likeness (QED) is 0.682. The van der Waals surface area contributed by atoms with E-state index in [9.17, 15) is 8.78 Å². The van der Waals surface area contributed by atoms with Gasteiger partial charge in [-0.3, -0.25) is 0 Å². The Labute approximate surface area is 87.9 Å². The normalized spacial score (nSPS) is 12.2. The molecule has 0 nitrogen and oxygen atoms in total. The first-order valence-corrected chi connectivity index (χ1v) is 4.88. The van der Waals surface area contributed by atoms with Gasteiger partial charge in [0.05, 0.1) is 0 Å². The Morgan fingerprint density at radius 1 is 1.29 bits per heavy atom. The molecule has 0 fully saturated rings. The molecule has 0 aliphatic rings. The SMILES string of the molecule is CC(C)c1cc(Cl)ccc1C(C)(F)F. The molecular formula is C11H13ClF2. The molecule has 0 aliphatic heterocycles. The molecule has 0 atom stereocenters. The van der Waals surface area contributed by atoms with Crippen molar-refractivity contribution in [3.05, 3.63) is 34.3 Å². The van der Waals surface area contributed by atoms with Gasteiger partial charge >= 0.3 is 0 Å². The Bertz CT molecular complexity index is 327. The third-order valence-corrected chi connectivity index (χ3v) is 2.34. The van der Waals surface area contributed by atoms with Gasteiger partial charge in [0.25, 0.3) is 5.92 Å². The van der Waals surface area contributed by atoms with E-state index in [1.165, 1.54) is 12.1 Å². The van der Waals surface area contributed by atoms with E-state index in [-0.39, 0.29) is 11.5 Å². The lowest BCUT2D eigenvalue weighted by atomic mass is 9.94. The molecular weight excluding hydrogens is 206 g/mol. The summed E-state index contributed by atoms with van der Waals surface area (Å²) in [6.45, 7) is 4.66. The first kappa shape index (κ1) is 11.4. The monoisotopic (exact) mass is 218 g/mol. The van der Waals surface area contributed by atoms with Gasteiger partial charge in [0.15, 0.2) is 0 Å². The second kappa shape index (κ2) is 3.85. The highest BCUT2D eigenvalue weighted by Gasteiger charge is 2.28. The molecule has 0 spiro atoms. The summed E-state index contributed by atoms with van der Waals surface area (Å²) >= 11 is 5.77. The van der Waals surface area contributed by atoms with Crippen molar-refractivity contribution < 1.29 is 8.78 Å². The van der Waals surface area contributed by atoms with Crippen LogP contribution in [0.2, 0.25) is 5.02 Å². The van der Waals surface area contributed by atoms with Gasteiger partial charge in [-0.1, -0.05) is 31.5 Å². The van der Waals surface area contributed by atoms with Gasteiger partial charge < -0.3 is 0 Å². The molecule has 1 aromatic rings. The molecule has 0 N–H and O–H groups in total. The summed E-state index contributed by atoms with van der Waals surface area (Å²) in [6.07, 6.45) is 0. The molecule has 0 unspecified atom stereocenters. The Balaban J connectivity index is 3.29. The van der Waals surface area contributed by atoms with E-state index in [2.05, 4.69) is 0 Å². The second-order valence-corrected chi connectivity index (χ2v) is 4.21. The fourth-order valence-electron chi connectivity index (χ4n) is 1.41. The van der Waals surface area contributed by atoms with E-state index in [0.29, 0.717) is 10.6 Å². The summed E-state index contributed by atoms with van der Waals surface area (Å²) in [5.74, 6) is -2.75. The summed E-state index contributed by atoms with van der Waals surface area (Å²) in [6, 6.07) is 4.51. The Morgan fingerprint density at radius 2 is 1.86 bits per heavy atom. The molecule has 0 saturated heterocycles. The number of halogens is 3. The van der Waals surface area contributed by atoms with Crippen LogP contribution in [0.3, 0.4) is 0 Å². The van der Waals surface area contributed by atoms with E-state index < -0.39 is 5.92 Å². The summed E-state index contributed by atoms with van der Waals surface area (Å²) < 4.78 is 26.3. The van der Waals surface area contributed by atoms with Crippen LogP contribution < -0.4 is 0 Å². The lowest BCUT2D eigenvalue weighted by Crippen LogP contribution is -2.11. The van der Waals surface area contributed by atoms with E-state index in [0.717, 1.165) is 6.92 Å². The van der Waals surface area contributed by atoms with E-state index in [1.807, 2.05) is 13.8 Å². The summed E-state index contributed by atoms with van der Waals surface area (Å²) in [5, 5.41) is 0.502. The first-order chi connectivity index (χ1) is 6.32. The molecule has 1 rings (SSSR count). The van der Waals surface area contributed by atoms with Gasteiger partial charge in [-0.05, 0) is 23.6 Å². The molecule has 0 saturated carbocycles. The Hall–Kier alpha value is -0.630. The van der Waals surface area contributed by atoms with Crippen molar-refractivity contribution in [2.45, 2.75) is 32.6 Å². The summed E-state index contributed by atoms with van der Waals surface area (Å²) in [4.78, 5) is 0. The lowest BCUT2D eigenvalue weighted by molar-refractivity contribution is 0.0163. The third-order valence-electron chi connectivity index (χ3n) is 2.11. The van der Waals surface area contributed by atoms with Gasteiger partial charge in [-0.25, -0.2) is 8.78 Å². The minimum atomic E-state index is -2.80. The van der Waals surface area contributed by atoms with Crippen molar-refractivity contribution in [1.29, 1.82) is 0 Å². The minimum absolute atomic E-state index is 0.0505. The van der Waals surface area contributed by atoms with Crippen LogP contribution in [0.5, 0.6) is 0 Å². The topological polar surface area (TPSA) is 0 Å². The van der Waals surface area contributed by atoms with Crippen LogP contribution in [-0.2, 0) is 5.92 Å². The maximum atomic E-state index is 13.2. The maximum Gasteiger partial charge on any atom is 0.270 e. The molecule has 0 bridgehead atoms. The van der Waals surface area contributed by atoms with Gasteiger partial charge in [-0.2, -0.15) is 0 Å². The second-order valence-electron chi connectivity index (χ2n) is 3.77. The molecule has 0 radical (unpaired) electrons. The van der Waals surface area contributed by atoms with Crippen LogP contribution in [0.4, 0.5) is 8.78 Å². The van der Waals surface area contributed by atoms with Crippen LogP contribution >= 0.6 is 11.6 Å². The predicted molar refractivity (Wildman–Crippen MR) is 55.1 cm³/mol. The molecule has 78 valence electrons. The lowest BCUT2D eigenvalue weighted by Gasteiger charge is -2.18. The zero-order valence-electron chi connectivity index (χ0n) is 8.44. The highest BCUT2D eigenvalue weighted by molar-refractivity contribution is 6.30. The standard InChI is InChI=1S/C11H13ClF2/c1-7(2)9-6-8(12)4-5-10(9)11(3,13)14/h4-7H,1-3H3.